The van der Waals surface area contributed by atoms with Crippen LogP contribution in [-0.2, 0) is 4.79 Å². The number of nitrogens with zero attached hydrogens (tertiary/aromatic N) is 1. The Bertz CT molecular complexity index is 396. The molecule has 2 N–H and O–H groups in total. The van der Waals surface area contributed by atoms with Crippen LogP contribution in [0.3, 0.4) is 0 Å². The maximum absolute atomic E-state index is 11.8. The highest BCUT2D eigenvalue weighted by atomic mass is 16.2. The molecule has 1 unspecified atom stereocenters. The van der Waals surface area contributed by atoms with Gasteiger partial charge in [0.25, 0.3) is 0 Å². The average molecular weight is 235 g/mol. The van der Waals surface area contributed by atoms with Gasteiger partial charge in [0.1, 0.15) is 11.9 Å². The third kappa shape index (κ3) is 4.85. The highest BCUT2D eigenvalue weighted by Crippen LogP contribution is 2.07. The van der Waals surface area contributed by atoms with Crippen LogP contribution in [0.15, 0.2) is 18.3 Å². The van der Waals surface area contributed by atoms with Crippen molar-refractivity contribution in [3.8, 4) is 0 Å². The van der Waals surface area contributed by atoms with Crippen LogP contribution in [-0.4, -0.2) is 22.5 Å². The van der Waals surface area contributed by atoms with Crippen LogP contribution >= 0.6 is 0 Å². The molecule has 4 nitrogen and oxygen atoms in total. The minimum Gasteiger partial charge on any atom is -0.359 e. The molecule has 0 aliphatic heterocycles. The van der Waals surface area contributed by atoms with Gasteiger partial charge in [0.15, 0.2) is 0 Å². The van der Waals surface area contributed by atoms with E-state index >= 15 is 0 Å². The molecule has 1 amide bonds. The van der Waals surface area contributed by atoms with Gasteiger partial charge in [-0.25, -0.2) is 4.98 Å². The summed E-state index contributed by atoms with van der Waals surface area (Å²) in [6.07, 6.45) is 1.73. The first-order chi connectivity index (χ1) is 7.78. The van der Waals surface area contributed by atoms with Gasteiger partial charge in [-0.15, -0.1) is 0 Å². The van der Waals surface area contributed by atoms with E-state index < -0.39 is 0 Å². The largest absolute Gasteiger partial charge is 0.359 e. The second kappa shape index (κ2) is 5.17. The van der Waals surface area contributed by atoms with E-state index in [1.165, 1.54) is 0 Å². The Balaban J connectivity index is 2.60. The quantitative estimate of drug-likeness (QED) is 0.843. The van der Waals surface area contributed by atoms with Crippen molar-refractivity contribution < 1.29 is 4.79 Å². The van der Waals surface area contributed by atoms with E-state index in [0.29, 0.717) is 0 Å². The van der Waals surface area contributed by atoms with Crippen molar-refractivity contribution in [2.75, 3.05) is 5.32 Å². The number of carbonyl (C=O) groups excluding carboxylic acids is 1. The van der Waals surface area contributed by atoms with Crippen molar-refractivity contribution in [3.05, 3.63) is 23.9 Å². The Hall–Kier alpha value is -1.58. The molecule has 0 aliphatic carbocycles. The standard InChI is InChI=1S/C13H21N3O/c1-9-6-7-14-11(8-9)15-10(2)12(17)16-13(3,4)5/h6-8,10H,1-5H3,(H,14,15)(H,16,17). The molecule has 0 aromatic carbocycles. The summed E-state index contributed by atoms with van der Waals surface area (Å²) in [6, 6.07) is 3.54. The first-order valence-corrected chi connectivity index (χ1v) is 5.79. The van der Waals surface area contributed by atoms with Crippen LogP contribution in [0.2, 0.25) is 0 Å². The summed E-state index contributed by atoms with van der Waals surface area (Å²) in [6.45, 7) is 9.70. The number of hydrogen-bond acceptors (Lipinski definition) is 3. The minimum absolute atomic E-state index is 0.0270. The molecule has 1 aromatic rings. The summed E-state index contributed by atoms with van der Waals surface area (Å²) in [5.41, 5.74) is 0.901. The van der Waals surface area contributed by atoms with Gasteiger partial charge in [-0.05, 0) is 52.3 Å². The molecule has 1 atom stereocenters. The van der Waals surface area contributed by atoms with E-state index in [4.69, 9.17) is 0 Å². The van der Waals surface area contributed by atoms with Crippen LogP contribution in [0.4, 0.5) is 5.82 Å². The molecule has 0 radical (unpaired) electrons. The third-order valence-electron chi connectivity index (χ3n) is 2.17. The molecule has 1 heterocycles. The van der Waals surface area contributed by atoms with Crippen molar-refractivity contribution in [2.24, 2.45) is 0 Å². The van der Waals surface area contributed by atoms with Crippen molar-refractivity contribution >= 4 is 11.7 Å². The van der Waals surface area contributed by atoms with Gasteiger partial charge < -0.3 is 10.6 Å². The summed E-state index contributed by atoms with van der Waals surface area (Å²) in [5, 5.41) is 6.01. The number of amides is 1. The van der Waals surface area contributed by atoms with Crippen molar-refractivity contribution in [1.29, 1.82) is 0 Å². The summed E-state index contributed by atoms with van der Waals surface area (Å²) >= 11 is 0. The average Bonchev–Trinajstić information content (AvgIpc) is 2.14. The second-order valence-corrected chi connectivity index (χ2v) is 5.32. The van der Waals surface area contributed by atoms with Gasteiger partial charge in [-0.1, -0.05) is 0 Å². The molecule has 4 heteroatoms. The number of carbonyl (C=O) groups is 1. The van der Waals surface area contributed by atoms with Gasteiger partial charge in [0, 0.05) is 11.7 Å². The fourth-order valence-electron chi connectivity index (χ4n) is 1.38. The summed E-state index contributed by atoms with van der Waals surface area (Å²) in [4.78, 5) is 16.0. The lowest BCUT2D eigenvalue weighted by molar-refractivity contribution is -0.122. The van der Waals surface area contributed by atoms with Crippen molar-refractivity contribution in [1.82, 2.24) is 10.3 Å². The lowest BCUT2D eigenvalue weighted by atomic mass is 10.1. The number of aromatic nitrogens is 1. The lowest BCUT2D eigenvalue weighted by Crippen LogP contribution is -2.47. The van der Waals surface area contributed by atoms with Crippen LogP contribution in [0.5, 0.6) is 0 Å². The molecule has 1 rings (SSSR count). The number of anilines is 1. The van der Waals surface area contributed by atoms with E-state index in [-0.39, 0.29) is 17.5 Å². The van der Waals surface area contributed by atoms with Crippen molar-refractivity contribution in [2.45, 2.75) is 46.2 Å². The molecule has 17 heavy (non-hydrogen) atoms. The molecule has 0 aliphatic rings. The number of pyridine rings is 1. The number of rotatable bonds is 3. The summed E-state index contributed by atoms with van der Waals surface area (Å²) < 4.78 is 0. The Morgan fingerprint density at radius 3 is 2.59 bits per heavy atom. The van der Waals surface area contributed by atoms with Crippen LogP contribution < -0.4 is 10.6 Å². The van der Waals surface area contributed by atoms with Gasteiger partial charge in [0.05, 0.1) is 0 Å². The Kier molecular flexibility index (Phi) is 4.10. The monoisotopic (exact) mass is 235 g/mol. The van der Waals surface area contributed by atoms with Gasteiger partial charge in [-0.3, -0.25) is 4.79 Å². The topological polar surface area (TPSA) is 54.0 Å². The number of aryl methyl sites for hydroxylation is 1. The second-order valence-electron chi connectivity index (χ2n) is 5.32. The van der Waals surface area contributed by atoms with Crippen LogP contribution in [0.1, 0.15) is 33.3 Å². The molecule has 0 saturated carbocycles. The third-order valence-corrected chi connectivity index (χ3v) is 2.17. The SMILES string of the molecule is Cc1ccnc(NC(C)C(=O)NC(C)(C)C)c1. The molecular formula is C13H21N3O. The zero-order valence-corrected chi connectivity index (χ0v) is 11.2. The Morgan fingerprint density at radius 2 is 2.06 bits per heavy atom. The molecule has 94 valence electrons. The smallest absolute Gasteiger partial charge is 0.242 e. The predicted octanol–water partition coefficient (Wildman–Crippen LogP) is 2.11. The summed E-state index contributed by atoms with van der Waals surface area (Å²) in [5.74, 6) is 0.697. The Morgan fingerprint density at radius 1 is 1.41 bits per heavy atom. The highest BCUT2D eigenvalue weighted by Gasteiger charge is 2.19. The van der Waals surface area contributed by atoms with Crippen molar-refractivity contribution in [3.63, 3.8) is 0 Å². The maximum Gasteiger partial charge on any atom is 0.242 e. The predicted molar refractivity (Wildman–Crippen MR) is 70.0 cm³/mol. The van der Waals surface area contributed by atoms with E-state index in [1.807, 2.05) is 46.8 Å². The molecular weight excluding hydrogens is 214 g/mol. The van der Waals surface area contributed by atoms with Crippen LogP contribution in [0.25, 0.3) is 0 Å². The number of hydrogen-bond donors (Lipinski definition) is 2. The van der Waals surface area contributed by atoms with E-state index in [1.54, 1.807) is 6.20 Å². The van der Waals surface area contributed by atoms with Gasteiger partial charge in [0.2, 0.25) is 5.91 Å². The zero-order chi connectivity index (χ0) is 13.1. The Labute approximate surface area is 103 Å². The van der Waals surface area contributed by atoms with Gasteiger partial charge in [-0.2, -0.15) is 0 Å². The fraction of sp³-hybridized carbons (Fsp3) is 0.538. The summed E-state index contributed by atoms with van der Waals surface area (Å²) in [7, 11) is 0. The fourth-order valence-corrected chi connectivity index (χ4v) is 1.38. The number of nitrogens with one attached hydrogen (secondary N) is 2. The zero-order valence-electron chi connectivity index (χ0n) is 11.2. The first kappa shape index (κ1) is 13.5. The first-order valence-electron chi connectivity index (χ1n) is 5.79. The highest BCUT2D eigenvalue weighted by molar-refractivity contribution is 5.84. The van der Waals surface area contributed by atoms with E-state index in [9.17, 15) is 4.79 Å². The maximum atomic E-state index is 11.8. The lowest BCUT2D eigenvalue weighted by Gasteiger charge is -2.23. The van der Waals surface area contributed by atoms with E-state index in [2.05, 4.69) is 15.6 Å². The van der Waals surface area contributed by atoms with Gasteiger partial charge >= 0.3 is 0 Å². The molecule has 0 bridgehead atoms. The molecule has 1 aromatic heterocycles. The van der Waals surface area contributed by atoms with Crippen LogP contribution in [0, 0.1) is 6.92 Å². The molecule has 0 fully saturated rings. The normalized spacial score (nSPS) is 13.0. The minimum atomic E-state index is -0.302. The molecule has 0 saturated heterocycles. The van der Waals surface area contributed by atoms with E-state index in [0.717, 1.165) is 11.4 Å². The molecule has 0 spiro atoms.